The van der Waals surface area contributed by atoms with Crippen molar-refractivity contribution in [2.45, 2.75) is 27.3 Å². The summed E-state index contributed by atoms with van der Waals surface area (Å²) < 4.78 is 4.84. The van der Waals surface area contributed by atoms with E-state index in [2.05, 4.69) is 36.1 Å². The van der Waals surface area contributed by atoms with Crippen molar-refractivity contribution in [3.05, 3.63) is 46.0 Å². The Bertz CT molecular complexity index is 929. The number of rotatable bonds is 2. The molecular weight excluding hydrogens is 296 g/mol. The lowest BCUT2D eigenvalue weighted by atomic mass is 10.1. The van der Waals surface area contributed by atoms with Crippen molar-refractivity contribution in [2.24, 2.45) is 12.0 Å². The number of fused-ring (bicyclic) bond motifs is 1. The van der Waals surface area contributed by atoms with E-state index in [-0.39, 0.29) is 5.91 Å². The fraction of sp³-hybridized carbons (Fsp3) is 0.312. The fourth-order valence-electron chi connectivity index (χ4n) is 2.58. The molecule has 0 bridgehead atoms. The van der Waals surface area contributed by atoms with Gasteiger partial charge in [-0.2, -0.15) is 10.1 Å². The zero-order chi connectivity index (χ0) is 15.9. The van der Waals surface area contributed by atoms with E-state index in [0.29, 0.717) is 10.5 Å². The molecule has 2 aromatic heterocycles. The van der Waals surface area contributed by atoms with Gasteiger partial charge in [-0.25, -0.2) is 0 Å². The van der Waals surface area contributed by atoms with Gasteiger partial charge in [0.1, 0.15) is 0 Å². The number of amides is 1. The Balaban J connectivity index is 2.11. The molecule has 0 aliphatic carbocycles. The van der Waals surface area contributed by atoms with Gasteiger partial charge in [0.25, 0.3) is 5.91 Å². The van der Waals surface area contributed by atoms with Crippen LogP contribution in [0.5, 0.6) is 0 Å². The summed E-state index contributed by atoms with van der Waals surface area (Å²) in [5, 5.41) is 4.21. The van der Waals surface area contributed by atoms with Crippen molar-refractivity contribution in [3.63, 3.8) is 0 Å². The number of hydrogen-bond donors (Lipinski definition) is 0. The van der Waals surface area contributed by atoms with Gasteiger partial charge >= 0.3 is 0 Å². The zero-order valence-electron chi connectivity index (χ0n) is 13.1. The average Bonchev–Trinajstić information content (AvgIpc) is 3.04. The van der Waals surface area contributed by atoms with E-state index in [1.807, 2.05) is 18.5 Å². The van der Waals surface area contributed by atoms with E-state index in [9.17, 15) is 4.79 Å². The fourth-order valence-corrected chi connectivity index (χ4v) is 3.78. The molecule has 3 aromatic rings. The topological polar surface area (TPSA) is 52.2 Å². The van der Waals surface area contributed by atoms with Crippen LogP contribution in [-0.2, 0) is 13.6 Å². The van der Waals surface area contributed by atoms with E-state index in [4.69, 9.17) is 0 Å². The van der Waals surface area contributed by atoms with Gasteiger partial charge in [0.2, 0.25) is 0 Å². The maximum atomic E-state index is 12.3. The molecular formula is C16H18N4OS. The molecule has 0 saturated carbocycles. The van der Waals surface area contributed by atoms with Gasteiger partial charge in [-0.05, 0) is 44.0 Å². The van der Waals surface area contributed by atoms with Crippen LogP contribution in [0.25, 0.3) is 10.2 Å². The van der Waals surface area contributed by atoms with Gasteiger partial charge in [0.05, 0.1) is 10.2 Å². The molecule has 0 fully saturated rings. The first kappa shape index (κ1) is 14.7. The number of nitrogens with zero attached hydrogens (tertiary/aromatic N) is 4. The van der Waals surface area contributed by atoms with Crippen molar-refractivity contribution >= 4 is 27.5 Å². The molecule has 6 heteroatoms. The highest BCUT2D eigenvalue weighted by molar-refractivity contribution is 7.16. The van der Waals surface area contributed by atoms with Gasteiger partial charge in [-0.3, -0.25) is 9.48 Å². The van der Waals surface area contributed by atoms with Crippen molar-refractivity contribution in [1.29, 1.82) is 0 Å². The van der Waals surface area contributed by atoms with Crippen LogP contribution in [0.2, 0.25) is 0 Å². The Hall–Kier alpha value is -2.21. The second kappa shape index (κ2) is 5.53. The first-order chi connectivity index (χ1) is 10.5. The van der Waals surface area contributed by atoms with Gasteiger partial charge < -0.3 is 4.57 Å². The lowest BCUT2D eigenvalue weighted by Gasteiger charge is -2.01. The van der Waals surface area contributed by atoms with Gasteiger partial charge in [0, 0.05) is 19.8 Å². The van der Waals surface area contributed by atoms with Crippen LogP contribution in [0.3, 0.4) is 0 Å². The Morgan fingerprint density at radius 2 is 2.14 bits per heavy atom. The summed E-state index contributed by atoms with van der Waals surface area (Å²) in [4.78, 5) is 17.2. The normalized spacial score (nSPS) is 12.3. The smallest absolute Gasteiger partial charge is 0.300 e. The van der Waals surface area contributed by atoms with Gasteiger partial charge in [0.15, 0.2) is 10.5 Å². The molecule has 0 spiro atoms. The summed E-state index contributed by atoms with van der Waals surface area (Å²) in [6.45, 7) is 6.88. The molecule has 0 atom stereocenters. The molecule has 2 heterocycles. The molecule has 0 aliphatic heterocycles. The van der Waals surface area contributed by atoms with E-state index in [1.54, 1.807) is 16.9 Å². The molecule has 0 saturated heterocycles. The van der Waals surface area contributed by atoms with Crippen molar-refractivity contribution < 1.29 is 4.79 Å². The van der Waals surface area contributed by atoms with E-state index in [1.165, 1.54) is 22.5 Å². The molecule has 3 rings (SSSR count). The van der Waals surface area contributed by atoms with Crippen molar-refractivity contribution in [2.75, 3.05) is 0 Å². The third-order valence-electron chi connectivity index (χ3n) is 3.61. The Morgan fingerprint density at radius 1 is 1.36 bits per heavy atom. The monoisotopic (exact) mass is 314 g/mol. The summed E-state index contributed by atoms with van der Waals surface area (Å²) in [5.74, 6) is -0.302. The van der Waals surface area contributed by atoms with Crippen LogP contribution >= 0.6 is 11.3 Å². The predicted octanol–water partition coefficient (Wildman–Crippen LogP) is 2.81. The molecule has 22 heavy (non-hydrogen) atoms. The molecule has 0 N–H and O–H groups in total. The highest BCUT2D eigenvalue weighted by Gasteiger charge is 2.11. The molecule has 1 amide bonds. The summed E-state index contributed by atoms with van der Waals surface area (Å²) in [6, 6.07) is 5.98. The summed E-state index contributed by atoms with van der Waals surface area (Å²) in [5.41, 5.74) is 3.91. The highest BCUT2D eigenvalue weighted by atomic mass is 32.1. The second-order valence-electron chi connectivity index (χ2n) is 5.35. The Morgan fingerprint density at radius 3 is 2.82 bits per heavy atom. The Kier molecular flexibility index (Phi) is 3.70. The van der Waals surface area contributed by atoms with Crippen LogP contribution in [0.1, 0.15) is 28.5 Å². The highest BCUT2D eigenvalue weighted by Crippen LogP contribution is 2.22. The SMILES string of the molecule is CCn1ccc(C(=O)N=c2sc3cc(C)cc(C)c3n2C)n1. The van der Waals surface area contributed by atoms with Crippen molar-refractivity contribution in [3.8, 4) is 0 Å². The number of benzene rings is 1. The van der Waals surface area contributed by atoms with E-state index >= 15 is 0 Å². The first-order valence-electron chi connectivity index (χ1n) is 7.19. The number of aromatic nitrogens is 3. The minimum atomic E-state index is -0.302. The minimum absolute atomic E-state index is 0.302. The number of thiazole rings is 1. The average molecular weight is 314 g/mol. The quantitative estimate of drug-likeness (QED) is 0.730. The van der Waals surface area contributed by atoms with Crippen LogP contribution in [-0.4, -0.2) is 20.3 Å². The van der Waals surface area contributed by atoms with Crippen molar-refractivity contribution in [1.82, 2.24) is 14.3 Å². The zero-order valence-corrected chi connectivity index (χ0v) is 13.9. The van der Waals surface area contributed by atoms with Crippen LogP contribution in [0.15, 0.2) is 29.4 Å². The molecule has 0 aliphatic rings. The maximum absolute atomic E-state index is 12.3. The molecule has 5 nitrogen and oxygen atoms in total. The second-order valence-corrected chi connectivity index (χ2v) is 6.35. The largest absolute Gasteiger partial charge is 0.319 e. The first-order valence-corrected chi connectivity index (χ1v) is 8.00. The predicted molar refractivity (Wildman–Crippen MR) is 88.1 cm³/mol. The van der Waals surface area contributed by atoms with Crippen LogP contribution in [0, 0.1) is 13.8 Å². The lowest BCUT2D eigenvalue weighted by molar-refractivity contribution is 0.0992. The lowest BCUT2D eigenvalue weighted by Crippen LogP contribution is -2.14. The minimum Gasteiger partial charge on any atom is -0.319 e. The number of aryl methyl sites for hydroxylation is 4. The summed E-state index contributed by atoms with van der Waals surface area (Å²) in [7, 11) is 1.94. The van der Waals surface area contributed by atoms with Crippen LogP contribution in [0.4, 0.5) is 0 Å². The number of hydrogen-bond acceptors (Lipinski definition) is 3. The Labute approximate surface area is 132 Å². The standard InChI is InChI=1S/C16H18N4OS/c1-5-20-7-6-12(18-20)15(21)17-16-19(4)14-11(3)8-10(2)9-13(14)22-16/h6-9H,5H2,1-4H3. The third kappa shape index (κ3) is 2.50. The molecule has 1 aromatic carbocycles. The number of carbonyl (C=O) groups is 1. The molecule has 0 unspecified atom stereocenters. The van der Waals surface area contributed by atoms with Gasteiger partial charge in [-0.15, -0.1) is 0 Å². The van der Waals surface area contributed by atoms with Crippen LogP contribution < -0.4 is 4.80 Å². The number of carbonyl (C=O) groups excluding carboxylic acids is 1. The molecule has 114 valence electrons. The summed E-state index contributed by atoms with van der Waals surface area (Å²) in [6.07, 6.45) is 1.79. The molecule has 0 radical (unpaired) electrons. The van der Waals surface area contributed by atoms with Gasteiger partial charge in [-0.1, -0.05) is 17.4 Å². The maximum Gasteiger partial charge on any atom is 0.300 e. The van der Waals surface area contributed by atoms with E-state index in [0.717, 1.165) is 16.8 Å². The summed E-state index contributed by atoms with van der Waals surface area (Å²) >= 11 is 1.53. The third-order valence-corrected chi connectivity index (χ3v) is 4.69. The van der Waals surface area contributed by atoms with E-state index < -0.39 is 0 Å².